The molecule has 1 aliphatic heterocycles. The summed E-state index contributed by atoms with van der Waals surface area (Å²) in [5, 5.41) is 2.44. The summed E-state index contributed by atoms with van der Waals surface area (Å²) < 4.78 is 32.5. The van der Waals surface area contributed by atoms with E-state index in [-0.39, 0.29) is 22.3 Å². The molecule has 0 saturated heterocycles. The Morgan fingerprint density at radius 2 is 2.15 bits per heavy atom. The SMILES string of the molecule is C[C@@]1(c2cc(NC(=O)c3ncc(F)cc3Cl)ccc2F)CCOC(N)=N1. The molecule has 1 atom stereocenters. The van der Waals surface area contributed by atoms with Gasteiger partial charge in [-0.1, -0.05) is 11.6 Å². The van der Waals surface area contributed by atoms with E-state index in [0.717, 1.165) is 12.3 Å². The number of carbonyl (C=O) groups is 1. The van der Waals surface area contributed by atoms with Crippen LogP contribution in [0.2, 0.25) is 5.02 Å². The smallest absolute Gasteiger partial charge is 0.282 e. The second-order valence-electron chi connectivity index (χ2n) is 5.96. The highest BCUT2D eigenvalue weighted by molar-refractivity contribution is 6.34. The summed E-state index contributed by atoms with van der Waals surface area (Å²) in [5.74, 6) is -1.78. The van der Waals surface area contributed by atoms with Crippen LogP contribution >= 0.6 is 11.6 Å². The standard InChI is InChI=1S/C17H15ClF2N4O2/c1-17(4-5-26-16(21)24-17)11-7-10(2-3-13(11)20)23-15(25)14-12(18)6-9(19)8-22-14/h2-3,6-8H,4-5H2,1H3,(H2,21,24)(H,23,25)/t17-/m0/s1. The molecule has 0 bridgehead atoms. The lowest BCUT2D eigenvalue weighted by atomic mass is 9.88. The number of aromatic nitrogens is 1. The predicted molar refractivity (Wildman–Crippen MR) is 93.1 cm³/mol. The Morgan fingerprint density at radius 1 is 1.38 bits per heavy atom. The van der Waals surface area contributed by atoms with Crippen LogP contribution < -0.4 is 11.1 Å². The number of anilines is 1. The van der Waals surface area contributed by atoms with Gasteiger partial charge in [0.05, 0.1) is 23.4 Å². The minimum absolute atomic E-state index is 0.0186. The van der Waals surface area contributed by atoms with Crippen LogP contribution in [0.15, 0.2) is 35.5 Å². The van der Waals surface area contributed by atoms with Gasteiger partial charge in [-0.2, -0.15) is 0 Å². The number of hydrogen-bond donors (Lipinski definition) is 2. The average Bonchev–Trinajstić information content (AvgIpc) is 2.56. The lowest BCUT2D eigenvalue weighted by molar-refractivity contribution is 0.102. The van der Waals surface area contributed by atoms with Gasteiger partial charge in [0.15, 0.2) is 0 Å². The highest BCUT2D eigenvalue weighted by Crippen LogP contribution is 2.35. The number of ether oxygens (including phenoxy) is 1. The van der Waals surface area contributed by atoms with Crippen molar-refractivity contribution in [1.82, 2.24) is 4.98 Å². The van der Waals surface area contributed by atoms with E-state index in [4.69, 9.17) is 22.1 Å². The van der Waals surface area contributed by atoms with E-state index in [1.165, 1.54) is 18.2 Å². The fourth-order valence-corrected chi connectivity index (χ4v) is 2.91. The second kappa shape index (κ2) is 6.87. The molecule has 1 aromatic heterocycles. The van der Waals surface area contributed by atoms with Crippen LogP contribution in [0.5, 0.6) is 0 Å². The Hall–Kier alpha value is -2.74. The normalized spacial score (nSPS) is 19.5. The maximum atomic E-state index is 14.4. The molecular formula is C17H15ClF2N4O2. The Labute approximate surface area is 153 Å². The number of nitrogens with one attached hydrogen (secondary N) is 1. The molecule has 0 unspecified atom stereocenters. The fraction of sp³-hybridized carbons (Fsp3) is 0.235. The molecule has 26 heavy (non-hydrogen) atoms. The number of aliphatic imine (C=N–C) groups is 1. The van der Waals surface area contributed by atoms with Gasteiger partial charge in [-0.05, 0) is 31.2 Å². The molecule has 0 aliphatic carbocycles. The number of halogens is 3. The first-order chi connectivity index (χ1) is 12.3. The third-order valence-corrected chi connectivity index (χ3v) is 4.31. The van der Waals surface area contributed by atoms with Gasteiger partial charge < -0.3 is 15.8 Å². The van der Waals surface area contributed by atoms with Crippen molar-refractivity contribution in [3.63, 3.8) is 0 Å². The lowest BCUT2D eigenvalue weighted by Crippen LogP contribution is -2.34. The van der Waals surface area contributed by atoms with Gasteiger partial charge in [0.2, 0.25) is 0 Å². The van der Waals surface area contributed by atoms with Crippen molar-refractivity contribution in [3.8, 4) is 0 Å². The minimum atomic E-state index is -0.918. The number of amidine groups is 1. The highest BCUT2D eigenvalue weighted by atomic mass is 35.5. The van der Waals surface area contributed by atoms with Crippen LogP contribution in [0, 0.1) is 11.6 Å². The number of benzene rings is 1. The van der Waals surface area contributed by atoms with Crippen molar-refractivity contribution >= 4 is 29.2 Å². The monoisotopic (exact) mass is 380 g/mol. The van der Waals surface area contributed by atoms with Crippen LogP contribution in [-0.4, -0.2) is 23.5 Å². The van der Waals surface area contributed by atoms with Crippen molar-refractivity contribution in [3.05, 3.63) is 58.4 Å². The van der Waals surface area contributed by atoms with E-state index in [9.17, 15) is 13.6 Å². The summed E-state index contributed by atoms with van der Waals surface area (Å²) in [7, 11) is 0. The molecule has 2 heterocycles. The number of hydrogen-bond acceptors (Lipinski definition) is 5. The molecule has 1 aromatic carbocycles. The van der Waals surface area contributed by atoms with Gasteiger partial charge in [0.1, 0.15) is 17.3 Å². The second-order valence-corrected chi connectivity index (χ2v) is 6.36. The molecule has 2 aromatic rings. The van der Waals surface area contributed by atoms with Gasteiger partial charge in [0.25, 0.3) is 11.9 Å². The molecule has 0 spiro atoms. The maximum Gasteiger partial charge on any atom is 0.282 e. The first-order valence-electron chi connectivity index (χ1n) is 7.69. The average molecular weight is 381 g/mol. The topological polar surface area (TPSA) is 89.6 Å². The minimum Gasteiger partial charge on any atom is -0.465 e. The van der Waals surface area contributed by atoms with Crippen LogP contribution in [-0.2, 0) is 10.3 Å². The molecule has 0 saturated carbocycles. The lowest BCUT2D eigenvalue weighted by Gasteiger charge is -2.30. The van der Waals surface area contributed by atoms with Crippen molar-refractivity contribution in [1.29, 1.82) is 0 Å². The molecule has 0 fully saturated rings. The number of rotatable bonds is 3. The van der Waals surface area contributed by atoms with Crippen molar-refractivity contribution < 1.29 is 18.3 Å². The molecule has 6 nitrogen and oxygen atoms in total. The Bertz CT molecular complexity index is 906. The van der Waals surface area contributed by atoms with E-state index in [1.807, 2.05) is 0 Å². The van der Waals surface area contributed by atoms with E-state index >= 15 is 0 Å². The van der Waals surface area contributed by atoms with Crippen molar-refractivity contribution in [2.45, 2.75) is 18.9 Å². The third-order valence-electron chi connectivity index (χ3n) is 4.02. The molecule has 3 N–H and O–H groups in total. The molecule has 136 valence electrons. The molecule has 1 aliphatic rings. The Balaban J connectivity index is 1.90. The summed E-state index contributed by atoms with van der Waals surface area (Å²) in [4.78, 5) is 20.2. The largest absolute Gasteiger partial charge is 0.465 e. The summed E-state index contributed by atoms with van der Waals surface area (Å²) in [5.41, 5.74) is 5.12. The molecule has 3 rings (SSSR count). The number of pyridine rings is 1. The van der Waals surface area contributed by atoms with Gasteiger partial charge >= 0.3 is 0 Å². The zero-order valence-electron chi connectivity index (χ0n) is 13.7. The van der Waals surface area contributed by atoms with Gasteiger partial charge in [-0.3, -0.25) is 4.79 Å². The van der Waals surface area contributed by atoms with Crippen LogP contribution in [0.25, 0.3) is 0 Å². The van der Waals surface area contributed by atoms with Crippen molar-refractivity contribution in [2.75, 3.05) is 11.9 Å². The molecule has 0 radical (unpaired) electrons. The predicted octanol–water partition coefficient (Wildman–Crippen LogP) is 3.22. The maximum absolute atomic E-state index is 14.4. The third kappa shape index (κ3) is 3.60. The number of nitrogens with zero attached hydrogens (tertiary/aromatic N) is 2. The summed E-state index contributed by atoms with van der Waals surface area (Å²) in [6, 6.07) is 5.04. The number of carbonyl (C=O) groups excluding carboxylic acids is 1. The van der Waals surface area contributed by atoms with E-state index < -0.39 is 23.1 Å². The zero-order chi connectivity index (χ0) is 18.9. The summed E-state index contributed by atoms with van der Waals surface area (Å²) in [6.07, 6.45) is 1.31. The van der Waals surface area contributed by atoms with Crippen LogP contribution in [0.4, 0.5) is 14.5 Å². The van der Waals surface area contributed by atoms with Crippen molar-refractivity contribution in [2.24, 2.45) is 10.7 Å². The molecular weight excluding hydrogens is 366 g/mol. The first-order valence-corrected chi connectivity index (χ1v) is 8.07. The molecule has 9 heteroatoms. The van der Waals surface area contributed by atoms with Gasteiger partial charge in [-0.15, -0.1) is 0 Å². The Morgan fingerprint density at radius 3 is 2.85 bits per heavy atom. The fourth-order valence-electron chi connectivity index (χ4n) is 2.67. The number of nitrogens with two attached hydrogens (primary N) is 1. The zero-order valence-corrected chi connectivity index (χ0v) is 14.5. The summed E-state index contributed by atoms with van der Waals surface area (Å²) in [6.45, 7) is 2.03. The van der Waals surface area contributed by atoms with Crippen LogP contribution in [0.3, 0.4) is 0 Å². The van der Waals surface area contributed by atoms with E-state index in [0.29, 0.717) is 18.7 Å². The van der Waals surface area contributed by atoms with E-state index in [2.05, 4.69) is 15.3 Å². The number of amides is 1. The van der Waals surface area contributed by atoms with Gasteiger partial charge in [0, 0.05) is 17.7 Å². The highest BCUT2D eigenvalue weighted by Gasteiger charge is 2.33. The van der Waals surface area contributed by atoms with Crippen LogP contribution in [0.1, 0.15) is 29.4 Å². The molecule has 1 amide bonds. The quantitative estimate of drug-likeness (QED) is 0.855. The van der Waals surface area contributed by atoms with Gasteiger partial charge in [-0.25, -0.2) is 18.8 Å². The Kier molecular flexibility index (Phi) is 4.78. The summed E-state index contributed by atoms with van der Waals surface area (Å²) >= 11 is 5.84. The first kappa shape index (κ1) is 18.1. The van der Waals surface area contributed by atoms with E-state index in [1.54, 1.807) is 6.92 Å².